The Labute approximate surface area is 161 Å². The molecule has 0 saturated heterocycles. The van der Waals surface area contributed by atoms with Gasteiger partial charge >= 0.3 is 0 Å². The lowest BCUT2D eigenvalue weighted by Crippen LogP contribution is -2.17. The smallest absolute Gasteiger partial charge is 0.271 e. The third-order valence-electron chi connectivity index (χ3n) is 3.87. The van der Waals surface area contributed by atoms with Crippen LogP contribution in [0.3, 0.4) is 0 Å². The first-order valence-electron chi connectivity index (χ1n) is 8.47. The van der Waals surface area contributed by atoms with Crippen LogP contribution in [0.25, 0.3) is 0 Å². The number of hydrogen-bond acceptors (Lipinski definition) is 5. The first-order chi connectivity index (χ1) is 13.6. The molecule has 140 valence electrons. The van der Waals surface area contributed by atoms with Crippen LogP contribution >= 0.6 is 0 Å². The highest BCUT2D eigenvalue weighted by Crippen LogP contribution is 2.17. The molecular weight excluding hydrogens is 358 g/mol. The molecule has 0 heterocycles. The van der Waals surface area contributed by atoms with Crippen LogP contribution in [0.2, 0.25) is 0 Å². The van der Waals surface area contributed by atoms with Gasteiger partial charge in [-0.2, -0.15) is 5.10 Å². The van der Waals surface area contributed by atoms with Crippen LogP contribution < -0.4 is 10.2 Å². The van der Waals surface area contributed by atoms with Crippen LogP contribution in [0, 0.1) is 10.1 Å². The Morgan fingerprint density at radius 1 is 1.00 bits per heavy atom. The van der Waals surface area contributed by atoms with Crippen molar-refractivity contribution in [2.75, 3.05) is 0 Å². The Bertz CT molecular complexity index is 986. The lowest BCUT2D eigenvalue weighted by atomic mass is 10.2. The molecule has 7 nitrogen and oxygen atoms in total. The van der Waals surface area contributed by atoms with Gasteiger partial charge in [-0.05, 0) is 29.8 Å². The van der Waals surface area contributed by atoms with E-state index in [0.29, 0.717) is 17.9 Å². The molecule has 0 aliphatic carbocycles. The van der Waals surface area contributed by atoms with Crippen LogP contribution in [0.5, 0.6) is 5.75 Å². The molecule has 0 aliphatic heterocycles. The van der Waals surface area contributed by atoms with Crippen molar-refractivity contribution in [1.82, 2.24) is 5.43 Å². The molecule has 1 amide bonds. The van der Waals surface area contributed by atoms with Crippen molar-refractivity contribution in [2.45, 2.75) is 6.61 Å². The molecule has 0 spiro atoms. The van der Waals surface area contributed by atoms with Crippen molar-refractivity contribution in [3.8, 4) is 5.75 Å². The number of amides is 1. The number of nitrogens with zero attached hydrogens (tertiary/aromatic N) is 2. The van der Waals surface area contributed by atoms with Gasteiger partial charge in [0.05, 0.1) is 11.1 Å². The van der Waals surface area contributed by atoms with Gasteiger partial charge < -0.3 is 4.74 Å². The van der Waals surface area contributed by atoms with E-state index in [1.165, 1.54) is 30.5 Å². The maximum Gasteiger partial charge on any atom is 0.271 e. The summed E-state index contributed by atoms with van der Waals surface area (Å²) in [5.74, 6) is 0.175. The fourth-order valence-corrected chi connectivity index (χ4v) is 2.41. The van der Waals surface area contributed by atoms with Gasteiger partial charge in [0.25, 0.3) is 11.6 Å². The molecule has 3 aromatic carbocycles. The van der Waals surface area contributed by atoms with Crippen LogP contribution in [-0.4, -0.2) is 17.0 Å². The Morgan fingerprint density at radius 2 is 1.68 bits per heavy atom. The molecular formula is C21H17N3O4. The molecule has 1 N–H and O–H groups in total. The van der Waals surface area contributed by atoms with Crippen molar-refractivity contribution in [3.63, 3.8) is 0 Å². The standard InChI is InChI=1S/C21H17N3O4/c25-21(17-10-12-19(13-11-17)24(26)27)23-22-14-18-8-4-5-9-20(18)28-15-16-6-2-1-3-7-16/h1-14H,15H2,(H,23,25). The molecule has 0 aromatic heterocycles. The van der Waals surface area contributed by atoms with Gasteiger partial charge in [-0.15, -0.1) is 0 Å². The van der Waals surface area contributed by atoms with E-state index in [0.717, 1.165) is 5.56 Å². The van der Waals surface area contributed by atoms with Gasteiger partial charge in [0.15, 0.2) is 0 Å². The number of rotatable bonds is 7. The number of benzene rings is 3. The minimum Gasteiger partial charge on any atom is -0.488 e. The quantitative estimate of drug-likeness (QED) is 0.384. The van der Waals surface area contributed by atoms with Crippen LogP contribution in [0.4, 0.5) is 5.69 Å². The number of nitro groups is 1. The number of hydrogen-bond donors (Lipinski definition) is 1. The van der Waals surface area contributed by atoms with Crippen molar-refractivity contribution >= 4 is 17.8 Å². The summed E-state index contributed by atoms with van der Waals surface area (Å²) in [5, 5.41) is 14.6. The molecule has 7 heteroatoms. The summed E-state index contributed by atoms with van der Waals surface area (Å²) < 4.78 is 5.83. The van der Waals surface area contributed by atoms with Crippen LogP contribution in [0.15, 0.2) is 84.0 Å². The zero-order valence-electron chi connectivity index (χ0n) is 14.8. The average Bonchev–Trinajstić information content (AvgIpc) is 2.73. The Hall–Kier alpha value is -4.00. The number of para-hydroxylation sites is 1. The van der Waals surface area contributed by atoms with E-state index >= 15 is 0 Å². The molecule has 0 radical (unpaired) electrons. The van der Waals surface area contributed by atoms with E-state index in [2.05, 4.69) is 10.5 Å². The Balaban J connectivity index is 1.62. The number of ether oxygens (including phenoxy) is 1. The zero-order chi connectivity index (χ0) is 19.8. The molecule has 3 rings (SSSR count). The maximum absolute atomic E-state index is 12.1. The molecule has 0 atom stereocenters. The first kappa shape index (κ1) is 18.8. The van der Waals surface area contributed by atoms with Crippen LogP contribution in [-0.2, 0) is 6.61 Å². The molecule has 0 unspecified atom stereocenters. The lowest BCUT2D eigenvalue weighted by Gasteiger charge is -2.09. The fraction of sp³-hybridized carbons (Fsp3) is 0.0476. The van der Waals surface area contributed by atoms with E-state index in [9.17, 15) is 14.9 Å². The second-order valence-electron chi connectivity index (χ2n) is 5.82. The van der Waals surface area contributed by atoms with Crippen molar-refractivity contribution < 1.29 is 14.5 Å². The predicted octanol–water partition coefficient (Wildman–Crippen LogP) is 3.94. The third-order valence-corrected chi connectivity index (χ3v) is 3.87. The lowest BCUT2D eigenvalue weighted by molar-refractivity contribution is -0.384. The summed E-state index contributed by atoms with van der Waals surface area (Å²) in [4.78, 5) is 22.2. The Kier molecular flexibility index (Phi) is 6.10. The van der Waals surface area contributed by atoms with Gasteiger partial charge in [-0.3, -0.25) is 14.9 Å². The highest BCUT2D eigenvalue weighted by atomic mass is 16.6. The molecule has 0 bridgehead atoms. The topological polar surface area (TPSA) is 93.8 Å². The first-order valence-corrected chi connectivity index (χ1v) is 8.47. The van der Waals surface area contributed by atoms with E-state index in [4.69, 9.17) is 4.74 Å². The van der Waals surface area contributed by atoms with E-state index in [-0.39, 0.29) is 11.3 Å². The summed E-state index contributed by atoms with van der Waals surface area (Å²) in [7, 11) is 0. The monoisotopic (exact) mass is 375 g/mol. The number of carbonyl (C=O) groups excluding carboxylic acids is 1. The second kappa shape index (κ2) is 9.09. The van der Waals surface area contributed by atoms with E-state index < -0.39 is 10.8 Å². The number of nitrogens with one attached hydrogen (secondary N) is 1. The minimum atomic E-state index is -0.522. The second-order valence-corrected chi connectivity index (χ2v) is 5.82. The van der Waals surface area contributed by atoms with Crippen molar-refractivity contribution in [1.29, 1.82) is 0 Å². The highest BCUT2D eigenvalue weighted by molar-refractivity contribution is 5.95. The van der Waals surface area contributed by atoms with Crippen molar-refractivity contribution in [2.24, 2.45) is 5.10 Å². The zero-order valence-corrected chi connectivity index (χ0v) is 14.8. The van der Waals surface area contributed by atoms with Gasteiger partial charge in [0.2, 0.25) is 0 Å². The summed E-state index contributed by atoms with van der Waals surface area (Å²) in [6.07, 6.45) is 1.49. The van der Waals surface area contributed by atoms with E-state index in [1.54, 1.807) is 0 Å². The molecule has 0 saturated carbocycles. The Morgan fingerprint density at radius 3 is 2.39 bits per heavy atom. The molecule has 3 aromatic rings. The maximum atomic E-state index is 12.1. The molecule has 0 aliphatic rings. The van der Waals surface area contributed by atoms with Gasteiger partial charge in [0.1, 0.15) is 12.4 Å². The SMILES string of the molecule is O=C(NN=Cc1ccccc1OCc1ccccc1)c1ccc([N+](=O)[O-])cc1. The van der Waals surface area contributed by atoms with Crippen molar-refractivity contribution in [3.05, 3.63) is 106 Å². The van der Waals surface area contributed by atoms with Gasteiger partial charge in [-0.25, -0.2) is 5.43 Å². The number of carbonyl (C=O) groups is 1. The summed E-state index contributed by atoms with van der Waals surface area (Å²) in [6.45, 7) is 0.418. The van der Waals surface area contributed by atoms with Gasteiger partial charge in [0, 0.05) is 23.3 Å². The third kappa shape index (κ3) is 5.01. The number of hydrazone groups is 1. The summed E-state index contributed by atoms with van der Waals surface area (Å²) >= 11 is 0. The highest BCUT2D eigenvalue weighted by Gasteiger charge is 2.08. The fourth-order valence-electron chi connectivity index (χ4n) is 2.41. The molecule has 0 fully saturated rings. The normalized spacial score (nSPS) is 10.6. The number of non-ortho nitro benzene ring substituents is 1. The summed E-state index contributed by atoms with van der Waals surface area (Å²) in [5.41, 5.74) is 4.35. The molecule has 28 heavy (non-hydrogen) atoms. The minimum absolute atomic E-state index is 0.0791. The largest absolute Gasteiger partial charge is 0.488 e. The van der Waals surface area contributed by atoms with E-state index in [1.807, 2.05) is 54.6 Å². The predicted molar refractivity (Wildman–Crippen MR) is 105 cm³/mol. The van der Waals surface area contributed by atoms with Crippen LogP contribution in [0.1, 0.15) is 21.5 Å². The number of nitro benzene ring substituents is 1. The summed E-state index contributed by atoms with van der Waals surface area (Å²) in [6, 6.07) is 22.4. The average molecular weight is 375 g/mol. The van der Waals surface area contributed by atoms with Gasteiger partial charge in [-0.1, -0.05) is 42.5 Å².